The Bertz CT molecular complexity index is 1480. The molecule has 304 valence electrons. The Morgan fingerprint density at radius 2 is 0.463 bits per heavy atom. The molecule has 0 aliphatic heterocycles. The lowest BCUT2D eigenvalue weighted by molar-refractivity contribution is 0.823. The highest BCUT2D eigenvalue weighted by Gasteiger charge is 2.23. The van der Waals surface area contributed by atoms with Crippen LogP contribution in [0.15, 0.2) is 160 Å². The summed E-state index contributed by atoms with van der Waals surface area (Å²) in [5, 5.41) is 0. The standard InChI is InChI=1S/2C22H30N2.2H2O.4H2S/c2*1-15(2)9-11-17(5)19-13-14-20(18(6)12-10-16(3)4)22(24-8)21(19)23-7;;;;;;/h2*9-14H,1-8H3;6*1H2/b2*17-11+,18-12+,23-21?,24-22?;;;;;;. The lowest BCUT2D eigenvalue weighted by Crippen LogP contribution is -2.23. The first kappa shape index (κ1) is 62.8. The molecule has 10 heteroatoms. The summed E-state index contributed by atoms with van der Waals surface area (Å²) < 4.78 is 0. The summed E-state index contributed by atoms with van der Waals surface area (Å²) in [6, 6.07) is 0. The van der Waals surface area contributed by atoms with Crippen LogP contribution in [0.2, 0.25) is 0 Å². The van der Waals surface area contributed by atoms with E-state index in [-0.39, 0.29) is 64.9 Å². The fourth-order valence-electron chi connectivity index (χ4n) is 4.86. The number of hydrogen-bond donors (Lipinski definition) is 0. The zero-order chi connectivity index (χ0) is 36.6. The van der Waals surface area contributed by atoms with Gasteiger partial charge in [0.1, 0.15) is 0 Å². The highest BCUT2D eigenvalue weighted by molar-refractivity contribution is 7.59. The van der Waals surface area contributed by atoms with E-state index in [1.807, 2.05) is 28.2 Å². The van der Waals surface area contributed by atoms with E-state index in [4.69, 9.17) is 0 Å². The molecule has 0 radical (unpaired) electrons. The molecule has 0 saturated carbocycles. The van der Waals surface area contributed by atoms with E-state index in [2.05, 4.69) is 176 Å². The molecule has 2 aliphatic carbocycles. The maximum atomic E-state index is 4.53. The summed E-state index contributed by atoms with van der Waals surface area (Å²) in [6.07, 6.45) is 25.7. The second kappa shape index (κ2) is 32.2. The second-order valence-electron chi connectivity index (χ2n) is 13.0. The molecule has 0 aromatic rings. The molecule has 54 heavy (non-hydrogen) atoms. The first-order valence-corrected chi connectivity index (χ1v) is 16.6. The van der Waals surface area contributed by atoms with E-state index in [9.17, 15) is 0 Å². The van der Waals surface area contributed by atoms with Crippen LogP contribution < -0.4 is 0 Å². The molecular formula is C44H72N4O2S4. The minimum Gasteiger partial charge on any atom is -0.412 e. The molecule has 0 aromatic heterocycles. The molecule has 4 N–H and O–H groups in total. The van der Waals surface area contributed by atoms with Crippen LogP contribution in [0.3, 0.4) is 0 Å². The largest absolute Gasteiger partial charge is 0.412 e. The van der Waals surface area contributed by atoms with Crippen LogP contribution in [0.5, 0.6) is 0 Å². The monoisotopic (exact) mass is 816 g/mol. The average molecular weight is 817 g/mol. The van der Waals surface area contributed by atoms with Gasteiger partial charge in [0, 0.05) is 50.5 Å². The van der Waals surface area contributed by atoms with Gasteiger partial charge in [-0.15, -0.1) is 0 Å². The van der Waals surface area contributed by atoms with Gasteiger partial charge in [-0.3, -0.25) is 20.0 Å². The second-order valence-corrected chi connectivity index (χ2v) is 13.0. The zero-order valence-corrected chi connectivity index (χ0v) is 39.7. The molecular weight excluding hydrogens is 745 g/mol. The minimum atomic E-state index is 0. The number of rotatable bonds is 8. The van der Waals surface area contributed by atoms with Crippen LogP contribution in [0, 0.1) is 0 Å². The van der Waals surface area contributed by atoms with Crippen molar-refractivity contribution in [1.82, 2.24) is 0 Å². The molecule has 0 aromatic carbocycles. The van der Waals surface area contributed by atoms with Crippen LogP contribution in [0.25, 0.3) is 0 Å². The molecule has 0 atom stereocenters. The quantitative estimate of drug-likeness (QED) is 0.172. The molecule has 2 aliphatic rings. The predicted octanol–water partition coefficient (Wildman–Crippen LogP) is 10.4. The van der Waals surface area contributed by atoms with Gasteiger partial charge in [0.05, 0.1) is 22.8 Å². The van der Waals surface area contributed by atoms with Crippen LogP contribution in [-0.2, 0) is 0 Å². The third-order valence-electron chi connectivity index (χ3n) is 7.56. The van der Waals surface area contributed by atoms with Crippen LogP contribution in [0.1, 0.15) is 83.1 Å². The maximum absolute atomic E-state index is 4.53. The Balaban J connectivity index is -0.000000192. The Labute approximate surface area is 356 Å². The normalized spacial score (nSPS) is 17.0. The van der Waals surface area contributed by atoms with Gasteiger partial charge >= 0.3 is 0 Å². The first-order valence-electron chi connectivity index (χ1n) is 16.6. The van der Waals surface area contributed by atoms with Gasteiger partial charge in [-0.25, -0.2) is 0 Å². The van der Waals surface area contributed by atoms with E-state index in [1.54, 1.807) is 0 Å². The fraction of sp³-hybridized carbons (Fsp3) is 0.364. The van der Waals surface area contributed by atoms with Crippen molar-refractivity contribution in [2.75, 3.05) is 28.2 Å². The summed E-state index contributed by atoms with van der Waals surface area (Å²) in [6.45, 7) is 25.3. The van der Waals surface area contributed by atoms with Crippen molar-refractivity contribution in [3.8, 4) is 0 Å². The van der Waals surface area contributed by atoms with E-state index in [0.717, 1.165) is 45.1 Å². The van der Waals surface area contributed by atoms with Crippen LogP contribution >= 0.6 is 54.0 Å². The Morgan fingerprint density at radius 1 is 0.315 bits per heavy atom. The Kier molecular flexibility index (Phi) is 37.4. The summed E-state index contributed by atoms with van der Waals surface area (Å²) in [4.78, 5) is 18.1. The van der Waals surface area contributed by atoms with Gasteiger partial charge in [-0.05, 0) is 105 Å². The van der Waals surface area contributed by atoms with Crippen molar-refractivity contribution in [3.05, 3.63) is 140 Å². The van der Waals surface area contributed by atoms with Gasteiger partial charge in [0.2, 0.25) is 0 Å². The van der Waals surface area contributed by atoms with E-state index < -0.39 is 0 Å². The summed E-state index contributed by atoms with van der Waals surface area (Å²) >= 11 is 0. The van der Waals surface area contributed by atoms with Crippen molar-refractivity contribution < 1.29 is 11.0 Å². The molecule has 0 fully saturated rings. The van der Waals surface area contributed by atoms with Crippen molar-refractivity contribution in [3.63, 3.8) is 0 Å². The minimum absolute atomic E-state index is 0. The van der Waals surface area contributed by atoms with Gasteiger partial charge in [0.15, 0.2) is 0 Å². The first-order chi connectivity index (χ1) is 22.6. The molecule has 0 unspecified atom stereocenters. The fourth-order valence-corrected chi connectivity index (χ4v) is 4.86. The van der Waals surface area contributed by atoms with Gasteiger partial charge in [0.25, 0.3) is 0 Å². The molecule has 0 heterocycles. The van der Waals surface area contributed by atoms with Crippen molar-refractivity contribution in [1.29, 1.82) is 0 Å². The number of aliphatic imine (C=N–C) groups is 4. The lowest BCUT2D eigenvalue weighted by atomic mass is 9.86. The number of allylic oxidation sites excluding steroid dienone is 24. The molecule has 0 amide bonds. The van der Waals surface area contributed by atoms with Crippen molar-refractivity contribution in [2.24, 2.45) is 20.0 Å². The SMILES string of the molecule is CN=C1C(/C(C)=C/C=C(C)C)=CC=C(/C(C)=C/C=C(C)C)C1=NC.CN=C1C(/C(C)=C/C=C(C)C)=CC=C(/C(C)=C/C=C(C)C)C1=NC.O.O.S.S.S.S. The third kappa shape index (κ3) is 20.0. The van der Waals surface area contributed by atoms with E-state index >= 15 is 0 Å². The summed E-state index contributed by atoms with van der Waals surface area (Å²) in [7, 11) is 7.34. The zero-order valence-electron chi connectivity index (χ0n) is 35.7. The molecule has 2 rings (SSSR count). The Morgan fingerprint density at radius 3 is 0.574 bits per heavy atom. The van der Waals surface area contributed by atoms with Gasteiger partial charge < -0.3 is 11.0 Å². The van der Waals surface area contributed by atoms with Crippen molar-refractivity contribution >= 4 is 76.8 Å². The van der Waals surface area contributed by atoms with Crippen LogP contribution in [0.4, 0.5) is 0 Å². The van der Waals surface area contributed by atoms with Crippen molar-refractivity contribution in [2.45, 2.75) is 83.1 Å². The predicted molar refractivity (Wildman–Crippen MR) is 267 cm³/mol. The molecule has 6 nitrogen and oxygen atoms in total. The highest BCUT2D eigenvalue weighted by Crippen LogP contribution is 2.26. The maximum Gasteiger partial charge on any atom is 0.0903 e. The van der Waals surface area contributed by atoms with E-state index in [1.165, 1.54) is 44.6 Å². The number of nitrogens with zero attached hydrogens (tertiary/aromatic N) is 4. The van der Waals surface area contributed by atoms with Crippen LogP contribution in [-0.4, -0.2) is 62.0 Å². The molecule has 0 bridgehead atoms. The average Bonchev–Trinajstić information content (AvgIpc) is 3.05. The third-order valence-corrected chi connectivity index (χ3v) is 7.56. The smallest absolute Gasteiger partial charge is 0.0903 e. The highest BCUT2D eigenvalue weighted by atomic mass is 32.1. The van der Waals surface area contributed by atoms with Gasteiger partial charge in [-0.1, -0.05) is 95.2 Å². The molecule has 0 saturated heterocycles. The summed E-state index contributed by atoms with van der Waals surface area (Å²) in [5.74, 6) is 0. The van der Waals surface area contributed by atoms with Gasteiger partial charge in [-0.2, -0.15) is 54.0 Å². The lowest BCUT2D eigenvalue weighted by Gasteiger charge is -2.20. The number of hydrogen-bond acceptors (Lipinski definition) is 4. The van der Waals surface area contributed by atoms with E-state index in [0.29, 0.717) is 0 Å². The summed E-state index contributed by atoms with van der Waals surface area (Å²) in [5.41, 5.74) is 18.2. The Hall–Kier alpha value is -3.12. The molecule has 0 spiro atoms. The topological polar surface area (TPSA) is 112 Å².